The third kappa shape index (κ3) is 4.89. The molecule has 0 aliphatic carbocycles. The van der Waals surface area contributed by atoms with Crippen molar-refractivity contribution in [1.29, 1.82) is 0 Å². The first-order chi connectivity index (χ1) is 15.0. The van der Waals surface area contributed by atoms with Gasteiger partial charge in [0.2, 0.25) is 0 Å². The molecule has 3 aromatic rings. The number of aliphatic carboxylic acids is 1. The first-order valence-corrected chi connectivity index (χ1v) is 11.1. The number of ether oxygens (including phenoxy) is 1. The Labute approximate surface area is 194 Å². The Balaban J connectivity index is 2.31. The fourth-order valence-electron chi connectivity index (χ4n) is 3.93. The van der Waals surface area contributed by atoms with Crippen LogP contribution in [0.4, 0.5) is 0 Å². The van der Waals surface area contributed by atoms with Crippen molar-refractivity contribution in [1.82, 2.24) is 4.57 Å². The Morgan fingerprint density at radius 3 is 2.34 bits per heavy atom. The maximum Gasteiger partial charge on any atom is 0.309 e. The van der Waals surface area contributed by atoms with Crippen LogP contribution in [0.3, 0.4) is 0 Å². The monoisotopic (exact) mass is 455 g/mol. The molecule has 5 nitrogen and oxygen atoms in total. The number of aromatic nitrogens is 1. The van der Waals surface area contributed by atoms with Crippen molar-refractivity contribution in [3.8, 4) is 0 Å². The van der Waals surface area contributed by atoms with Crippen LogP contribution in [-0.4, -0.2) is 35.1 Å². The van der Waals surface area contributed by atoms with Gasteiger partial charge in [-0.1, -0.05) is 43.6 Å². The van der Waals surface area contributed by atoms with Gasteiger partial charge in [-0.15, -0.1) is 0 Å². The Bertz CT molecular complexity index is 1140. The summed E-state index contributed by atoms with van der Waals surface area (Å²) in [6.45, 7) is 8.02. The molecular weight excluding hydrogens is 426 g/mol. The molecule has 0 saturated carbocycles. The van der Waals surface area contributed by atoms with Gasteiger partial charge in [-0.25, -0.2) is 0 Å². The second-order valence-corrected chi connectivity index (χ2v) is 9.62. The van der Waals surface area contributed by atoms with E-state index in [2.05, 4.69) is 30.5 Å². The smallest absolute Gasteiger partial charge is 0.309 e. The molecule has 32 heavy (non-hydrogen) atoms. The van der Waals surface area contributed by atoms with E-state index in [1.54, 1.807) is 13.8 Å². The van der Waals surface area contributed by atoms with Gasteiger partial charge in [0.15, 0.2) is 5.78 Å². The molecule has 0 atom stereocenters. The van der Waals surface area contributed by atoms with Crippen LogP contribution in [0.25, 0.3) is 10.9 Å². The molecule has 0 saturated heterocycles. The fraction of sp³-hybridized carbons (Fsp3) is 0.385. The number of carboxylic acids is 1. The largest absolute Gasteiger partial charge is 0.481 e. The van der Waals surface area contributed by atoms with E-state index in [1.807, 2.05) is 30.3 Å². The molecule has 0 fully saturated rings. The molecular formula is C26H30ClNO4. The number of nitrogens with zero attached hydrogens (tertiary/aromatic N) is 1. The predicted molar refractivity (Wildman–Crippen MR) is 128 cm³/mol. The van der Waals surface area contributed by atoms with Crippen molar-refractivity contribution < 1.29 is 19.4 Å². The lowest BCUT2D eigenvalue weighted by atomic mass is 9.86. The number of hydrogen-bond acceptors (Lipinski definition) is 3. The highest BCUT2D eigenvalue weighted by atomic mass is 35.5. The summed E-state index contributed by atoms with van der Waals surface area (Å²) >= 11 is 6.06. The Morgan fingerprint density at radius 2 is 1.78 bits per heavy atom. The van der Waals surface area contributed by atoms with E-state index in [0.717, 1.165) is 22.0 Å². The second-order valence-electron chi connectivity index (χ2n) is 9.19. The Kier molecular flexibility index (Phi) is 7.11. The summed E-state index contributed by atoms with van der Waals surface area (Å²) in [6.07, 6.45) is 0.215. The molecule has 0 bridgehead atoms. The van der Waals surface area contributed by atoms with E-state index in [1.165, 1.54) is 7.11 Å². The standard InChI is InChI=1S/C26H30ClNO4/c1-16(2)18-8-11-21-20(12-18)24(23(29)15-32-5)22(13-26(3,4)25(30)31)28(21)14-17-6-9-19(27)10-7-17/h6-12,16H,13-15H2,1-5H3,(H,30,31). The summed E-state index contributed by atoms with van der Waals surface area (Å²) in [4.78, 5) is 25.2. The lowest BCUT2D eigenvalue weighted by molar-refractivity contribution is -0.146. The van der Waals surface area contributed by atoms with E-state index in [9.17, 15) is 14.7 Å². The lowest BCUT2D eigenvalue weighted by Gasteiger charge is -2.22. The van der Waals surface area contributed by atoms with Crippen molar-refractivity contribution in [3.63, 3.8) is 0 Å². The summed E-state index contributed by atoms with van der Waals surface area (Å²) in [5.41, 5.74) is 3.25. The van der Waals surface area contributed by atoms with Crippen LogP contribution in [0, 0.1) is 5.41 Å². The molecule has 0 amide bonds. The summed E-state index contributed by atoms with van der Waals surface area (Å²) in [7, 11) is 1.49. The quantitative estimate of drug-likeness (QED) is 0.405. The zero-order chi connectivity index (χ0) is 23.6. The van der Waals surface area contributed by atoms with Gasteiger partial charge < -0.3 is 14.4 Å². The zero-order valence-electron chi connectivity index (χ0n) is 19.2. The fourth-order valence-corrected chi connectivity index (χ4v) is 4.06. The highest BCUT2D eigenvalue weighted by Crippen LogP contribution is 2.35. The van der Waals surface area contributed by atoms with E-state index in [0.29, 0.717) is 28.7 Å². The number of hydrogen-bond donors (Lipinski definition) is 1. The van der Waals surface area contributed by atoms with Crippen LogP contribution >= 0.6 is 11.6 Å². The first-order valence-electron chi connectivity index (χ1n) is 10.7. The number of carbonyl (C=O) groups excluding carboxylic acids is 1. The highest BCUT2D eigenvalue weighted by Gasteiger charge is 2.33. The number of benzene rings is 2. The van der Waals surface area contributed by atoms with Crippen LogP contribution in [0.2, 0.25) is 5.02 Å². The zero-order valence-corrected chi connectivity index (χ0v) is 20.0. The molecule has 3 rings (SSSR count). The van der Waals surface area contributed by atoms with E-state index in [4.69, 9.17) is 16.3 Å². The molecule has 0 spiro atoms. The van der Waals surface area contributed by atoms with Crippen LogP contribution in [0.1, 0.15) is 60.8 Å². The molecule has 1 N–H and O–H groups in total. The third-order valence-electron chi connectivity index (χ3n) is 5.86. The van der Waals surface area contributed by atoms with Gasteiger partial charge in [-0.2, -0.15) is 0 Å². The summed E-state index contributed by atoms with van der Waals surface area (Å²) in [6, 6.07) is 13.7. The minimum atomic E-state index is -1.05. The van der Waals surface area contributed by atoms with Crippen molar-refractivity contribution in [2.75, 3.05) is 13.7 Å². The van der Waals surface area contributed by atoms with Gasteiger partial charge in [0, 0.05) is 47.3 Å². The van der Waals surface area contributed by atoms with E-state index < -0.39 is 11.4 Å². The maximum atomic E-state index is 13.2. The average molecular weight is 456 g/mol. The van der Waals surface area contributed by atoms with Gasteiger partial charge in [0.25, 0.3) is 0 Å². The number of rotatable bonds is 9. The number of carbonyl (C=O) groups is 2. The molecule has 0 aliphatic heterocycles. The topological polar surface area (TPSA) is 68.5 Å². The minimum absolute atomic E-state index is 0.0630. The number of halogens is 1. The molecule has 1 heterocycles. The van der Waals surface area contributed by atoms with Crippen LogP contribution in [0.15, 0.2) is 42.5 Å². The first kappa shape index (κ1) is 24.0. The number of ketones is 1. The van der Waals surface area contributed by atoms with Crippen molar-refractivity contribution in [3.05, 3.63) is 69.9 Å². The molecule has 1 aromatic heterocycles. The van der Waals surface area contributed by atoms with Crippen LogP contribution < -0.4 is 0 Å². The number of fused-ring (bicyclic) bond motifs is 1. The van der Waals surface area contributed by atoms with E-state index in [-0.39, 0.29) is 18.8 Å². The van der Waals surface area contributed by atoms with Crippen LogP contribution in [0.5, 0.6) is 0 Å². The molecule has 2 aromatic carbocycles. The van der Waals surface area contributed by atoms with Gasteiger partial charge >= 0.3 is 5.97 Å². The van der Waals surface area contributed by atoms with Gasteiger partial charge in [-0.05, 0) is 55.2 Å². The van der Waals surface area contributed by atoms with Gasteiger partial charge in [-0.3, -0.25) is 9.59 Å². The Hall–Kier alpha value is -2.63. The highest BCUT2D eigenvalue weighted by molar-refractivity contribution is 6.30. The Morgan fingerprint density at radius 1 is 1.12 bits per heavy atom. The predicted octanol–water partition coefficient (Wildman–Crippen LogP) is 5.95. The summed E-state index contributed by atoms with van der Waals surface area (Å²) in [5.74, 6) is -0.762. The number of methoxy groups -OCH3 is 1. The molecule has 0 aliphatic rings. The molecule has 0 radical (unpaired) electrons. The number of Topliss-reactive ketones (excluding diaryl/α,β-unsaturated/α-hetero) is 1. The summed E-state index contributed by atoms with van der Waals surface area (Å²) in [5, 5.41) is 11.3. The van der Waals surface area contributed by atoms with Crippen LogP contribution in [-0.2, 0) is 22.5 Å². The maximum absolute atomic E-state index is 13.2. The normalized spacial score (nSPS) is 12.0. The van der Waals surface area contributed by atoms with Crippen molar-refractivity contribution in [2.24, 2.45) is 5.41 Å². The third-order valence-corrected chi connectivity index (χ3v) is 6.11. The molecule has 0 unspecified atom stereocenters. The van der Waals surface area contributed by atoms with Gasteiger partial charge in [0.1, 0.15) is 6.61 Å². The minimum Gasteiger partial charge on any atom is -0.481 e. The number of carboxylic acid groups (broad SMARTS) is 1. The van der Waals surface area contributed by atoms with Crippen molar-refractivity contribution >= 4 is 34.3 Å². The average Bonchev–Trinajstić information content (AvgIpc) is 3.01. The molecule has 170 valence electrons. The van der Waals surface area contributed by atoms with E-state index >= 15 is 0 Å². The lowest BCUT2D eigenvalue weighted by Crippen LogP contribution is -2.28. The SMILES string of the molecule is COCC(=O)c1c(CC(C)(C)C(=O)O)n(Cc2ccc(Cl)cc2)c2ccc(C(C)C)cc12. The summed E-state index contributed by atoms with van der Waals surface area (Å²) < 4.78 is 7.23. The van der Waals surface area contributed by atoms with Gasteiger partial charge in [0.05, 0.1) is 5.41 Å². The van der Waals surface area contributed by atoms with Crippen molar-refractivity contribution in [2.45, 2.75) is 46.6 Å². The second kappa shape index (κ2) is 9.47. The molecule has 6 heteroatoms.